The summed E-state index contributed by atoms with van der Waals surface area (Å²) in [4.78, 5) is 11.0. The van der Waals surface area contributed by atoms with Crippen molar-refractivity contribution >= 4 is 0 Å². The first-order valence-corrected chi connectivity index (χ1v) is 12.5. The standard InChI is InChI=1S/C25H44N2O/c1-17(2)6-5-7-18(3)23-10-11-24-22-9-8-19-16-27(26-28)15-13-20(19)21(22)12-14-25(23,24)4/h17-24H,5-16H2,1-4H3/t18-,19+,20+,21+,22+,23-,24+,25-/m1/s1. The second kappa shape index (κ2) is 8.26. The Kier molecular flexibility index (Phi) is 6.10. The fraction of sp³-hybridized carbons (Fsp3) is 1.00. The van der Waals surface area contributed by atoms with Gasteiger partial charge in [0, 0.05) is 13.1 Å². The van der Waals surface area contributed by atoms with Gasteiger partial charge in [0.1, 0.15) is 0 Å². The van der Waals surface area contributed by atoms with Gasteiger partial charge in [0.25, 0.3) is 0 Å². The highest BCUT2D eigenvalue weighted by Gasteiger charge is 2.57. The van der Waals surface area contributed by atoms with Crippen LogP contribution in [0.2, 0.25) is 0 Å². The van der Waals surface area contributed by atoms with E-state index >= 15 is 0 Å². The number of hydrogen-bond acceptors (Lipinski definition) is 2. The van der Waals surface area contributed by atoms with E-state index in [-0.39, 0.29) is 0 Å². The molecule has 0 aromatic rings. The van der Waals surface area contributed by atoms with Crippen LogP contribution in [0.25, 0.3) is 0 Å². The van der Waals surface area contributed by atoms with Crippen molar-refractivity contribution in [1.82, 2.24) is 5.01 Å². The number of nitrogens with zero attached hydrogens (tertiary/aromatic N) is 2. The summed E-state index contributed by atoms with van der Waals surface area (Å²) >= 11 is 0. The monoisotopic (exact) mass is 388 g/mol. The fourth-order valence-corrected chi connectivity index (χ4v) is 8.67. The topological polar surface area (TPSA) is 32.7 Å². The summed E-state index contributed by atoms with van der Waals surface area (Å²) < 4.78 is 0. The van der Waals surface area contributed by atoms with Crippen LogP contribution in [-0.4, -0.2) is 18.1 Å². The van der Waals surface area contributed by atoms with Crippen molar-refractivity contribution in [3.8, 4) is 0 Å². The smallest absolute Gasteiger partial charge is 0.0524 e. The molecule has 0 bridgehead atoms. The minimum atomic E-state index is 0.607. The summed E-state index contributed by atoms with van der Waals surface area (Å²) in [6.07, 6.45) is 14.2. The van der Waals surface area contributed by atoms with E-state index in [9.17, 15) is 4.91 Å². The molecular weight excluding hydrogens is 344 g/mol. The summed E-state index contributed by atoms with van der Waals surface area (Å²) in [7, 11) is 0. The molecule has 4 rings (SSSR count). The van der Waals surface area contributed by atoms with Crippen LogP contribution < -0.4 is 0 Å². The van der Waals surface area contributed by atoms with Gasteiger partial charge in [-0.05, 0) is 97.7 Å². The number of piperidine rings is 1. The second-order valence-electron chi connectivity index (χ2n) is 11.7. The lowest BCUT2D eigenvalue weighted by Gasteiger charge is -2.56. The van der Waals surface area contributed by atoms with E-state index in [1.54, 1.807) is 5.01 Å². The Morgan fingerprint density at radius 2 is 1.79 bits per heavy atom. The van der Waals surface area contributed by atoms with Crippen LogP contribution in [0.5, 0.6) is 0 Å². The van der Waals surface area contributed by atoms with Gasteiger partial charge < -0.3 is 0 Å². The van der Waals surface area contributed by atoms with E-state index in [0.29, 0.717) is 5.41 Å². The molecule has 4 fully saturated rings. The van der Waals surface area contributed by atoms with Gasteiger partial charge in [0.15, 0.2) is 0 Å². The van der Waals surface area contributed by atoms with Crippen LogP contribution >= 0.6 is 0 Å². The molecule has 3 aliphatic carbocycles. The van der Waals surface area contributed by atoms with Gasteiger partial charge in [-0.3, -0.25) is 5.01 Å². The molecule has 0 unspecified atom stereocenters. The van der Waals surface area contributed by atoms with Gasteiger partial charge >= 0.3 is 0 Å². The van der Waals surface area contributed by atoms with Gasteiger partial charge in [0.2, 0.25) is 0 Å². The maximum atomic E-state index is 11.0. The Labute approximate surface area is 173 Å². The van der Waals surface area contributed by atoms with Crippen LogP contribution in [0, 0.1) is 57.7 Å². The van der Waals surface area contributed by atoms with Gasteiger partial charge in [-0.25, -0.2) is 0 Å². The minimum absolute atomic E-state index is 0.607. The molecule has 1 aliphatic heterocycles. The lowest BCUT2D eigenvalue weighted by atomic mass is 9.50. The van der Waals surface area contributed by atoms with Crippen molar-refractivity contribution in [2.24, 2.45) is 58.0 Å². The highest BCUT2D eigenvalue weighted by Crippen LogP contribution is 2.65. The molecule has 0 amide bonds. The summed E-state index contributed by atoms with van der Waals surface area (Å²) in [5.74, 6) is 7.24. The molecule has 0 N–H and O–H groups in total. The molecule has 0 radical (unpaired) electrons. The molecule has 0 spiro atoms. The van der Waals surface area contributed by atoms with E-state index in [4.69, 9.17) is 0 Å². The molecule has 3 saturated carbocycles. The van der Waals surface area contributed by atoms with Crippen molar-refractivity contribution in [2.45, 2.75) is 91.9 Å². The SMILES string of the molecule is CC(C)CCC[C@@H](C)[C@H]1CC[C@H]2[C@H]3CC[C@H]4CN(N=O)CC[C@@H]4[C@@H]3CC[C@]12C. The van der Waals surface area contributed by atoms with E-state index in [2.05, 4.69) is 33.0 Å². The summed E-state index contributed by atoms with van der Waals surface area (Å²) in [6.45, 7) is 11.8. The first-order chi connectivity index (χ1) is 13.4. The third-order valence-electron chi connectivity index (χ3n) is 10.0. The van der Waals surface area contributed by atoms with E-state index in [0.717, 1.165) is 60.4 Å². The fourth-order valence-electron chi connectivity index (χ4n) is 8.67. The quantitative estimate of drug-likeness (QED) is 0.463. The Morgan fingerprint density at radius 1 is 0.964 bits per heavy atom. The highest BCUT2D eigenvalue weighted by molar-refractivity contribution is 5.06. The molecule has 3 heteroatoms. The molecule has 28 heavy (non-hydrogen) atoms. The Balaban J connectivity index is 1.41. The average Bonchev–Trinajstić information content (AvgIpc) is 3.04. The van der Waals surface area contributed by atoms with Crippen LogP contribution in [0.4, 0.5) is 0 Å². The molecule has 4 aliphatic rings. The van der Waals surface area contributed by atoms with Crippen LogP contribution in [-0.2, 0) is 0 Å². The van der Waals surface area contributed by atoms with Crippen molar-refractivity contribution in [3.05, 3.63) is 4.91 Å². The first kappa shape index (κ1) is 20.7. The molecule has 1 heterocycles. The van der Waals surface area contributed by atoms with E-state index in [1.165, 1.54) is 64.2 Å². The van der Waals surface area contributed by atoms with Gasteiger partial charge in [0.05, 0.1) is 5.29 Å². The van der Waals surface area contributed by atoms with E-state index in [1.807, 2.05) is 0 Å². The van der Waals surface area contributed by atoms with Crippen LogP contribution in [0.1, 0.15) is 91.9 Å². The van der Waals surface area contributed by atoms with Crippen LogP contribution in [0.15, 0.2) is 5.29 Å². The number of rotatable bonds is 6. The Hall–Kier alpha value is -0.600. The Bertz CT molecular complexity index is 549. The zero-order valence-electron chi connectivity index (χ0n) is 18.9. The van der Waals surface area contributed by atoms with Crippen molar-refractivity contribution in [2.75, 3.05) is 13.1 Å². The maximum Gasteiger partial charge on any atom is 0.0524 e. The predicted molar refractivity (Wildman–Crippen MR) is 117 cm³/mol. The highest BCUT2D eigenvalue weighted by atomic mass is 16.3. The number of fused-ring (bicyclic) bond motifs is 5. The average molecular weight is 389 g/mol. The maximum absolute atomic E-state index is 11.0. The minimum Gasteiger partial charge on any atom is -0.261 e. The van der Waals surface area contributed by atoms with Gasteiger partial charge in [-0.1, -0.05) is 47.0 Å². The molecule has 3 nitrogen and oxygen atoms in total. The largest absolute Gasteiger partial charge is 0.261 e. The normalized spacial score (nSPS) is 44.0. The molecule has 1 saturated heterocycles. The van der Waals surface area contributed by atoms with Crippen molar-refractivity contribution in [3.63, 3.8) is 0 Å². The molecule has 160 valence electrons. The van der Waals surface area contributed by atoms with Crippen molar-refractivity contribution < 1.29 is 0 Å². The zero-order chi connectivity index (χ0) is 19.9. The van der Waals surface area contributed by atoms with Gasteiger partial charge in [-0.2, -0.15) is 0 Å². The Morgan fingerprint density at radius 3 is 2.54 bits per heavy atom. The molecule has 8 atom stereocenters. The summed E-state index contributed by atoms with van der Waals surface area (Å²) in [5.41, 5.74) is 0.607. The van der Waals surface area contributed by atoms with Gasteiger partial charge in [-0.15, -0.1) is 4.91 Å². The second-order valence-corrected chi connectivity index (χ2v) is 11.7. The lowest BCUT2D eigenvalue weighted by Crippen LogP contribution is -2.51. The lowest BCUT2D eigenvalue weighted by molar-refractivity contribution is -0.0783. The predicted octanol–water partition coefficient (Wildman–Crippen LogP) is 6.92. The molecule has 0 aromatic heterocycles. The first-order valence-electron chi connectivity index (χ1n) is 12.5. The zero-order valence-corrected chi connectivity index (χ0v) is 18.9. The number of hydrogen-bond donors (Lipinski definition) is 0. The number of nitroso groups, excluding NO2 is 1. The molecular formula is C25H44N2O. The third kappa shape index (κ3) is 3.65. The van der Waals surface area contributed by atoms with E-state index < -0.39 is 0 Å². The third-order valence-corrected chi connectivity index (χ3v) is 10.0. The van der Waals surface area contributed by atoms with Crippen LogP contribution in [0.3, 0.4) is 0 Å². The molecule has 0 aromatic carbocycles. The summed E-state index contributed by atoms with van der Waals surface area (Å²) in [5, 5.41) is 5.06. The summed E-state index contributed by atoms with van der Waals surface area (Å²) in [6, 6.07) is 0. The van der Waals surface area contributed by atoms with Crippen molar-refractivity contribution in [1.29, 1.82) is 0 Å².